The molecule has 2 rings (SSSR count). The van der Waals surface area contributed by atoms with Crippen LogP contribution < -0.4 is 4.74 Å². The van der Waals surface area contributed by atoms with E-state index >= 15 is 0 Å². The highest BCUT2D eigenvalue weighted by Gasteiger charge is 2.21. The summed E-state index contributed by atoms with van der Waals surface area (Å²) in [6.45, 7) is 9.05. The molecule has 1 aromatic carbocycles. The van der Waals surface area contributed by atoms with Gasteiger partial charge in [-0.2, -0.15) is 0 Å². The van der Waals surface area contributed by atoms with Crippen LogP contribution in [0.5, 0.6) is 5.75 Å². The molecule has 20 heavy (non-hydrogen) atoms. The highest BCUT2D eigenvalue weighted by Crippen LogP contribution is 2.18. The summed E-state index contributed by atoms with van der Waals surface area (Å²) in [5.41, 5.74) is 0.649. The van der Waals surface area contributed by atoms with Crippen molar-refractivity contribution in [3.05, 3.63) is 29.8 Å². The Morgan fingerprint density at radius 2 is 1.95 bits per heavy atom. The van der Waals surface area contributed by atoms with E-state index in [1.54, 1.807) is 13.0 Å². The number of ketones is 1. The van der Waals surface area contributed by atoms with Gasteiger partial charge in [-0.25, -0.2) is 0 Å². The first-order chi connectivity index (χ1) is 9.56. The second-order valence-corrected chi connectivity index (χ2v) is 5.42. The van der Waals surface area contributed by atoms with Gasteiger partial charge in [0.05, 0.1) is 17.8 Å². The number of hydrogen-bond acceptors (Lipinski definition) is 4. The van der Waals surface area contributed by atoms with Crippen LogP contribution >= 0.6 is 0 Å². The molecule has 0 bridgehead atoms. The van der Waals surface area contributed by atoms with E-state index in [0.29, 0.717) is 17.9 Å². The Hall–Kier alpha value is -1.39. The maximum absolute atomic E-state index is 11.5. The van der Waals surface area contributed by atoms with Gasteiger partial charge in [-0.3, -0.25) is 9.69 Å². The summed E-state index contributed by atoms with van der Waals surface area (Å²) in [7, 11) is 0. The summed E-state index contributed by atoms with van der Waals surface area (Å²) < 4.78 is 11.5. The van der Waals surface area contributed by atoms with Crippen LogP contribution in [-0.4, -0.2) is 49.1 Å². The van der Waals surface area contributed by atoms with Crippen molar-refractivity contribution in [3.8, 4) is 5.75 Å². The molecule has 1 aliphatic rings. The van der Waals surface area contributed by atoms with E-state index in [9.17, 15) is 4.79 Å². The van der Waals surface area contributed by atoms with Gasteiger partial charge in [0, 0.05) is 19.6 Å². The number of rotatable bonds is 5. The Bertz CT molecular complexity index is 451. The number of nitrogens with zero attached hydrogens (tertiary/aromatic N) is 1. The number of ether oxygens (including phenoxy) is 2. The Morgan fingerprint density at radius 3 is 2.60 bits per heavy atom. The second-order valence-electron chi connectivity index (χ2n) is 5.42. The molecule has 0 radical (unpaired) electrons. The number of carbonyl (C=O) groups is 1. The lowest BCUT2D eigenvalue weighted by atomic mass is 10.1. The van der Waals surface area contributed by atoms with Crippen LogP contribution in [0.25, 0.3) is 0 Å². The summed E-state index contributed by atoms with van der Waals surface area (Å²) in [4.78, 5) is 13.9. The minimum absolute atomic E-state index is 0.0363. The molecule has 0 spiro atoms. The first-order valence-electron chi connectivity index (χ1n) is 7.17. The van der Waals surface area contributed by atoms with Gasteiger partial charge in [-0.15, -0.1) is 0 Å². The largest absolute Gasteiger partial charge is 0.491 e. The number of carbonyl (C=O) groups excluding carboxylic acids is 1. The number of Topliss-reactive ketones (excluding diaryl/α,β-unsaturated/α-hetero) is 1. The molecule has 0 unspecified atom stereocenters. The molecule has 1 aliphatic heterocycles. The second kappa shape index (κ2) is 6.86. The van der Waals surface area contributed by atoms with E-state index in [2.05, 4.69) is 18.7 Å². The van der Waals surface area contributed by atoms with Gasteiger partial charge < -0.3 is 9.47 Å². The van der Waals surface area contributed by atoms with E-state index in [1.807, 2.05) is 18.2 Å². The van der Waals surface area contributed by atoms with Crippen LogP contribution in [0.2, 0.25) is 0 Å². The molecule has 1 fully saturated rings. The van der Waals surface area contributed by atoms with Gasteiger partial charge in [0.2, 0.25) is 0 Å². The predicted molar refractivity (Wildman–Crippen MR) is 78.4 cm³/mol. The molecule has 0 aromatic heterocycles. The van der Waals surface area contributed by atoms with E-state index in [4.69, 9.17) is 9.47 Å². The molecule has 4 nitrogen and oxygen atoms in total. The van der Waals surface area contributed by atoms with Crippen LogP contribution in [-0.2, 0) is 4.74 Å². The summed E-state index contributed by atoms with van der Waals surface area (Å²) >= 11 is 0. The van der Waals surface area contributed by atoms with Gasteiger partial charge in [0.15, 0.2) is 5.78 Å². The number of para-hydroxylation sites is 1. The summed E-state index contributed by atoms with van der Waals surface area (Å²) in [5, 5.41) is 0. The lowest BCUT2D eigenvalue weighted by Gasteiger charge is -2.35. The SMILES string of the molecule is CC(=O)c1ccccc1OCCN1C[C@@H](C)O[C@@H](C)C1. The Balaban J connectivity index is 1.85. The molecule has 0 N–H and O–H groups in total. The lowest BCUT2D eigenvalue weighted by molar-refractivity contribution is -0.0699. The topological polar surface area (TPSA) is 38.8 Å². The van der Waals surface area contributed by atoms with Crippen molar-refractivity contribution < 1.29 is 14.3 Å². The van der Waals surface area contributed by atoms with E-state index in [0.717, 1.165) is 19.6 Å². The average Bonchev–Trinajstić information content (AvgIpc) is 2.38. The van der Waals surface area contributed by atoms with Crippen molar-refractivity contribution in [2.75, 3.05) is 26.2 Å². The number of hydrogen-bond donors (Lipinski definition) is 0. The number of benzene rings is 1. The van der Waals surface area contributed by atoms with E-state index < -0.39 is 0 Å². The normalized spacial score (nSPS) is 23.6. The third-order valence-electron chi connectivity index (χ3n) is 3.43. The molecule has 0 saturated carbocycles. The fraction of sp³-hybridized carbons (Fsp3) is 0.562. The molecule has 1 saturated heterocycles. The maximum atomic E-state index is 11.5. The molecule has 1 heterocycles. The first-order valence-corrected chi connectivity index (χ1v) is 7.17. The van der Waals surface area contributed by atoms with Gasteiger partial charge >= 0.3 is 0 Å². The highest BCUT2D eigenvalue weighted by atomic mass is 16.5. The van der Waals surface area contributed by atoms with Gasteiger partial charge in [-0.1, -0.05) is 12.1 Å². The lowest BCUT2D eigenvalue weighted by Crippen LogP contribution is -2.46. The van der Waals surface area contributed by atoms with Crippen LogP contribution in [0, 0.1) is 0 Å². The van der Waals surface area contributed by atoms with Crippen LogP contribution in [0.4, 0.5) is 0 Å². The smallest absolute Gasteiger partial charge is 0.163 e. The van der Waals surface area contributed by atoms with Crippen LogP contribution in [0.3, 0.4) is 0 Å². The summed E-state index contributed by atoms with van der Waals surface area (Å²) in [6, 6.07) is 7.40. The average molecular weight is 277 g/mol. The van der Waals surface area contributed by atoms with Gasteiger partial charge in [0.1, 0.15) is 12.4 Å². The molecular weight excluding hydrogens is 254 g/mol. The summed E-state index contributed by atoms with van der Waals surface area (Å²) in [6.07, 6.45) is 0.534. The zero-order valence-corrected chi connectivity index (χ0v) is 12.5. The van der Waals surface area contributed by atoms with E-state index in [-0.39, 0.29) is 18.0 Å². The predicted octanol–water partition coefficient (Wildman–Crippen LogP) is 2.38. The minimum Gasteiger partial charge on any atom is -0.491 e. The molecule has 1 aromatic rings. The monoisotopic (exact) mass is 277 g/mol. The van der Waals surface area contributed by atoms with Crippen molar-refractivity contribution in [1.82, 2.24) is 4.90 Å². The fourth-order valence-electron chi connectivity index (χ4n) is 2.64. The molecule has 4 heteroatoms. The Labute approximate surface area is 120 Å². The van der Waals surface area contributed by atoms with Gasteiger partial charge in [-0.05, 0) is 32.9 Å². The minimum atomic E-state index is 0.0363. The zero-order chi connectivity index (χ0) is 14.5. The quantitative estimate of drug-likeness (QED) is 0.775. The van der Waals surface area contributed by atoms with Crippen LogP contribution in [0.15, 0.2) is 24.3 Å². The third-order valence-corrected chi connectivity index (χ3v) is 3.43. The Kier molecular flexibility index (Phi) is 5.15. The Morgan fingerprint density at radius 1 is 1.30 bits per heavy atom. The van der Waals surface area contributed by atoms with Crippen molar-refractivity contribution in [2.45, 2.75) is 33.0 Å². The molecule has 110 valence electrons. The van der Waals surface area contributed by atoms with Crippen molar-refractivity contribution >= 4 is 5.78 Å². The standard InChI is InChI=1S/C16H23NO3/c1-12-10-17(11-13(2)20-12)8-9-19-16-7-5-4-6-15(16)14(3)18/h4-7,12-13H,8-11H2,1-3H3/t12-,13+. The third kappa shape index (κ3) is 4.05. The van der Waals surface area contributed by atoms with Gasteiger partial charge in [0.25, 0.3) is 0 Å². The molecule has 2 atom stereocenters. The molecule has 0 aliphatic carbocycles. The maximum Gasteiger partial charge on any atom is 0.163 e. The van der Waals surface area contributed by atoms with Crippen molar-refractivity contribution in [1.29, 1.82) is 0 Å². The van der Waals surface area contributed by atoms with Crippen molar-refractivity contribution in [2.24, 2.45) is 0 Å². The highest BCUT2D eigenvalue weighted by molar-refractivity contribution is 5.96. The first kappa shape index (κ1) is 15.0. The van der Waals surface area contributed by atoms with Crippen LogP contribution in [0.1, 0.15) is 31.1 Å². The summed E-state index contributed by atoms with van der Waals surface area (Å²) in [5.74, 6) is 0.712. The fourth-order valence-corrected chi connectivity index (χ4v) is 2.64. The van der Waals surface area contributed by atoms with Crippen molar-refractivity contribution in [3.63, 3.8) is 0 Å². The zero-order valence-electron chi connectivity index (χ0n) is 12.5. The molecule has 0 amide bonds. The number of morpholine rings is 1. The molecular formula is C16H23NO3. The van der Waals surface area contributed by atoms with E-state index in [1.165, 1.54) is 0 Å².